The number of benzene rings is 1. The number of nitriles is 1. The van der Waals surface area contributed by atoms with Crippen LogP contribution >= 0.6 is 0 Å². The largest absolute Gasteiger partial charge is 0.496 e. The summed E-state index contributed by atoms with van der Waals surface area (Å²) in [5.41, 5.74) is 2.04. The van der Waals surface area contributed by atoms with Crippen LogP contribution in [-0.4, -0.2) is 12.1 Å². The molecule has 2 rings (SSSR count). The molecule has 1 aromatic heterocycles. The molecule has 0 unspecified atom stereocenters. The number of methoxy groups -OCH3 is 1. The number of hydrogen-bond donors (Lipinski definition) is 0. The van der Waals surface area contributed by atoms with E-state index < -0.39 is 0 Å². The minimum atomic E-state index is 0.514. The van der Waals surface area contributed by atoms with Crippen LogP contribution in [-0.2, 0) is 0 Å². The zero-order valence-electron chi connectivity index (χ0n) is 10.00. The lowest BCUT2D eigenvalue weighted by Gasteiger charge is -2.04. The van der Waals surface area contributed by atoms with Gasteiger partial charge in [-0.2, -0.15) is 5.26 Å². The first kappa shape index (κ1) is 11.9. The number of aromatic nitrogens is 1. The number of nitrogens with zero attached hydrogens (tertiary/aromatic N) is 2. The number of hydrogen-bond acceptors (Lipinski definition) is 3. The van der Waals surface area contributed by atoms with Gasteiger partial charge in [0.05, 0.1) is 18.4 Å². The smallest absolute Gasteiger partial charge is 0.126 e. The Bertz CT molecular complexity index is 597. The van der Waals surface area contributed by atoms with Crippen molar-refractivity contribution in [3.63, 3.8) is 0 Å². The summed E-state index contributed by atoms with van der Waals surface area (Å²) in [6.45, 7) is 0. The number of allylic oxidation sites excluding steroid dienone is 1. The van der Waals surface area contributed by atoms with E-state index in [-0.39, 0.29) is 0 Å². The van der Waals surface area contributed by atoms with E-state index in [0.717, 1.165) is 11.3 Å². The van der Waals surface area contributed by atoms with E-state index in [1.165, 1.54) is 0 Å². The fraction of sp³-hybridized carbons (Fsp3) is 0.0667. The van der Waals surface area contributed by atoms with Crippen LogP contribution in [0.5, 0.6) is 5.75 Å². The van der Waals surface area contributed by atoms with Gasteiger partial charge in [0.1, 0.15) is 11.8 Å². The highest BCUT2D eigenvalue weighted by atomic mass is 16.5. The average Bonchev–Trinajstić information content (AvgIpc) is 2.46. The Morgan fingerprint density at radius 1 is 1.22 bits per heavy atom. The van der Waals surface area contributed by atoms with Crippen molar-refractivity contribution in [2.45, 2.75) is 0 Å². The molecule has 0 aliphatic heterocycles. The van der Waals surface area contributed by atoms with Crippen LogP contribution in [0.2, 0.25) is 0 Å². The SMILES string of the molecule is COc1ccccc1/C=C(\C#N)c1ccccn1. The Labute approximate surface area is 106 Å². The highest BCUT2D eigenvalue weighted by Gasteiger charge is 2.04. The summed E-state index contributed by atoms with van der Waals surface area (Å²) in [5.74, 6) is 0.737. The van der Waals surface area contributed by atoms with Crippen LogP contribution in [0.4, 0.5) is 0 Å². The second-order valence-electron chi connectivity index (χ2n) is 3.63. The number of ether oxygens (including phenoxy) is 1. The van der Waals surface area contributed by atoms with Crippen molar-refractivity contribution in [3.8, 4) is 11.8 Å². The Balaban J connectivity index is 2.45. The highest BCUT2D eigenvalue weighted by molar-refractivity contribution is 5.89. The minimum Gasteiger partial charge on any atom is -0.496 e. The summed E-state index contributed by atoms with van der Waals surface area (Å²) in [6, 6.07) is 15.2. The highest BCUT2D eigenvalue weighted by Crippen LogP contribution is 2.23. The number of para-hydroxylation sites is 1. The predicted octanol–water partition coefficient (Wildman–Crippen LogP) is 3.15. The van der Waals surface area contributed by atoms with Crippen LogP contribution in [0.15, 0.2) is 48.7 Å². The maximum atomic E-state index is 9.21. The molecule has 1 heterocycles. The lowest BCUT2D eigenvalue weighted by atomic mass is 10.1. The molecule has 88 valence electrons. The molecule has 0 bridgehead atoms. The first-order chi connectivity index (χ1) is 8.85. The molecule has 0 aliphatic carbocycles. The molecule has 1 aromatic carbocycles. The van der Waals surface area contributed by atoms with Gasteiger partial charge in [-0.3, -0.25) is 4.98 Å². The molecular weight excluding hydrogens is 224 g/mol. The minimum absolute atomic E-state index is 0.514. The molecule has 0 N–H and O–H groups in total. The van der Waals surface area contributed by atoms with Gasteiger partial charge < -0.3 is 4.74 Å². The van der Waals surface area contributed by atoms with Crippen molar-refractivity contribution in [2.24, 2.45) is 0 Å². The third-order valence-corrected chi connectivity index (χ3v) is 2.50. The van der Waals surface area contributed by atoms with Gasteiger partial charge >= 0.3 is 0 Å². The lowest BCUT2D eigenvalue weighted by Crippen LogP contribution is -1.89. The van der Waals surface area contributed by atoms with E-state index in [2.05, 4.69) is 11.1 Å². The molecule has 0 aliphatic rings. The fourth-order valence-corrected chi connectivity index (χ4v) is 1.63. The van der Waals surface area contributed by atoms with Crippen LogP contribution in [0, 0.1) is 11.3 Å². The molecule has 0 spiro atoms. The molecule has 18 heavy (non-hydrogen) atoms. The summed E-state index contributed by atoms with van der Waals surface area (Å²) in [4.78, 5) is 4.17. The lowest BCUT2D eigenvalue weighted by molar-refractivity contribution is 0.414. The van der Waals surface area contributed by atoms with Gasteiger partial charge in [0, 0.05) is 11.8 Å². The third-order valence-electron chi connectivity index (χ3n) is 2.50. The second kappa shape index (κ2) is 5.65. The van der Waals surface area contributed by atoms with Crippen LogP contribution < -0.4 is 4.74 Å². The van der Waals surface area contributed by atoms with Crippen molar-refractivity contribution in [3.05, 3.63) is 59.9 Å². The molecule has 0 atom stereocenters. The zero-order valence-corrected chi connectivity index (χ0v) is 10.00. The van der Waals surface area contributed by atoms with Crippen LogP contribution in [0.25, 0.3) is 11.6 Å². The van der Waals surface area contributed by atoms with E-state index in [1.807, 2.05) is 42.5 Å². The van der Waals surface area contributed by atoms with Gasteiger partial charge in [-0.1, -0.05) is 24.3 Å². The Morgan fingerprint density at radius 2 is 2.00 bits per heavy atom. The van der Waals surface area contributed by atoms with E-state index in [0.29, 0.717) is 11.3 Å². The molecule has 2 aromatic rings. The van der Waals surface area contributed by atoms with E-state index >= 15 is 0 Å². The molecule has 0 fully saturated rings. The summed E-state index contributed by atoms with van der Waals surface area (Å²) in [6.07, 6.45) is 3.45. The van der Waals surface area contributed by atoms with Crippen molar-refractivity contribution >= 4 is 11.6 Å². The Morgan fingerprint density at radius 3 is 2.67 bits per heavy atom. The maximum absolute atomic E-state index is 9.21. The van der Waals surface area contributed by atoms with Crippen LogP contribution in [0.3, 0.4) is 0 Å². The standard InChI is InChI=1S/C15H12N2O/c1-18-15-8-3-2-6-12(15)10-13(11-16)14-7-4-5-9-17-14/h2-10H,1H3/b13-10+. The van der Waals surface area contributed by atoms with Gasteiger partial charge in [0.2, 0.25) is 0 Å². The maximum Gasteiger partial charge on any atom is 0.126 e. The molecular formula is C15H12N2O. The monoisotopic (exact) mass is 236 g/mol. The summed E-state index contributed by atoms with van der Waals surface area (Å²) in [5, 5.41) is 9.21. The fourth-order valence-electron chi connectivity index (χ4n) is 1.63. The van der Waals surface area contributed by atoms with Gasteiger partial charge in [0.25, 0.3) is 0 Å². The van der Waals surface area contributed by atoms with Crippen molar-refractivity contribution < 1.29 is 4.74 Å². The van der Waals surface area contributed by atoms with Gasteiger partial charge in [0.15, 0.2) is 0 Å². The Kier molecular flexibility index (Phi) is 3.72. The zero-order chi connectivity index (χ0) is 12.8. The third kappa shape index (κ3) is 2.55. The topological polar surface area (TPSA) is 45.9 Å². The summed E-state index contributed by atoms with van der Waals surface area (Å²) >= 11 is 0. The Hall–Kier alpha value is -2.60. The van der Waals surface area contributed by atoms with Gasteiger partial charge in [-0.25, -0.2) is 0 Å². The summed E-state index contributed by atoms with van der Waals surface area (Å²) < 4.78 is 5.25. The molecule has 0 saturated heterocycles. The quantitative estimate of drug-likeness (QED) is 0.769. The average molecular weight is 236 g/mol. The van der Waals surface area contributed by atoms with Crippen LogP contribution in [0.1, 0.15) is 11.3 Å². The second-order valence-corrected chi connectivity index (χ2v) is 3.63. The van der Waals surface area contributed by atoms with Gasteiger partial charge in [-0.05, 0) is 24.3 Å². The first-order valence-corrected chi connectivity index (χ1v) is 5.51. The van der Waals surface area contributed by atoms with Crippen molar-refractivity contribution in [2.75, 3.05) is 7.11 Å². The molecule has 3 nitrogen and oxygen atoms in total. The van der Waals surface area contributed by atoms with Crippen molar-refractivity contribution in [1.82, 2.24) is 4.98 Å². The molecule has 0 saturated carbocycles. The number of rotatable bonds is 3. The molecule has 0 radical (unpaired) electrons. The molecule has 0 amide bonds. The van der Waals surface area contributed by atoms with E-state index in [9.17, 15) is 5.26 Å². The molecule has 3 heteroatoms. The van der Waals surface area contributed by atoms with Crippen molar-refractivity contribution in [1.29, 1.82) is 5.26 Å². The normalized spacial score (nSPS) is 10.8. The summed E-state index contributed by atoms with van der Waals surface area (Å²) in [7, 11) is 1.61. The van der Waals surface area contributed by atoms with E-state index in [1.54, 1.807) is 19.4 Å². The van der Waals surface area contributed by atoms with Gasteiger partial charge in [-0.15, -0.1) is 0 Å². The first-order valence-electron chi connectivity index (χ1n) is 5.51. The number of pyridine rings is 1. The predicted molar refractivity (Wildman–Crippen MR) is 70.7 cm³/mol. The van der Waals surface area contributed by atoms with E-state index in [4.69, 9.17) is 4.74 Å².